The SMILES string of the molecule is CCOc1cccc(/C=N/N=C(N)N)c1OC. The number of benzene rings is 1. The van der Waals surface area contributed by atoms with Crippen LogP contribution in [0.1, 0.15) is 12.5 Å². The summed E-state index contributed by atoms with van der Waals surface area (Å²) in [7, 11) is 1.57. The minimum absolute atomic E-state index is 0.0961. The molecule has 0 saturated carbocycles. The summed E-state index contributed by atoms with van der Waals surface area (Å²) in [6, 6.07) is 5.48. The standard InChI is InChI=1S/C11H16N4O2/c1-3-17-9-6-4-5-8(10(9)16-2)7-14-15-11(12)13/h4-7H,3H2,1-2H3,(H4,12,13,15)/b14-7+. The molecule has 0 unspecified atom stereocenters. The zero-order chi connectivity index (χ0) is 12.7. The number of nitrogens with zero attached hydrogens (tertiary/aromatic N) is 2. The second-order valence-electron chi connectivity index (χ2n) is 3.08. The van der Waals surface area contributed by atoms with Crippen molar-refractivity contribution in [3.8, 4) is 11.5 Å². The first-order chi connectivity index (χ1) is 8.19. The summed E-state index contributed by atoms with van der Waals surface area (Å²) in [5.41, 5.74) is 11.1. The summed E-state index contributed by atoms with van der Waals surface area (Å²) in [5.74, 6) is 1.16. The van der Waals surface area contributed by atoms with Crippen LogP contribution < -0.4 is 20.9 Å². The van der Waals surface area contributed by atoms with Gasteiger partial charge in [-0.3, -0.25) is 0 Å². The van der Waals surface area contributed by atoms with Crippen LogP contribution in [0, 0.1) is 0 Å². The number of para-hydroxylation sites is 1. The Morgan fingerprint density at radius 3 is 2.76 bits per heavy atom. The number of hydrogen-bond acceptors (Lipinski definition) is 4. The molecule has 4 N–H and O–H groups in total. The first kappa shape index (κ1) is 12.8. The third-order valence-electron chi connectivity index (χ3n) is 1.88. The predicted molar refractivity (Wildman–Crippen MR) is 67.6 cm³/mol. The fourth-order valence-electron chi connectivity index (χ4n) is 1.28. The lowest BCUT2D eigenvalue weighted by molar-refractivity contribution is 0.310. The number of rotatable bonds is 5. The van der Waals surface area contributed by atoms with Gasteiger partial charge in [-0.25, -0.2) is 0 Å². The molecule has 0 radical (unpaired) electrons. The molecule has 1 rings (SSSR count). The Kier molecular flexibility index (Phi) is 4.80. The minimum Gasteiger partial charge on any atom is -0.492 e. The van der Waals surface area contributed by atoms with E-state index >= 15 is 0 Å². The Morgan fingerprint density at radius 2 is 2.18 bits per heavy atom. The second kappa shape index (κ2) is 6.37. The van der Waals surface area contributed by atoms with Crippen molar-refractivity contribution in [2.75, 3.05) is 13.7 Å². The van der Waals surface area contributed by atoms with Gasteiger partial charge < -0.3 is 20.9 Å². The van der Waals surface area contributed by atoms with Gasteiger partial charge in [0.2, 0.25) is 5.96 Å². The van der Waals surface area contributed by atoms with E-state index in [1.165, 1.54) is 6.21 Å². The number of guanidine groups is 1. The van der Waals surface area contributed by atoms with Gasteiger partial charge in [-0.15, -0.1) is 5.10 Å². The molecule has 6 nitrogen and oxygen atoms in total. The summed E-state index contributed by atoms with van der Waals surface area (Å²) in [5, 5.41) is 7.24. The van der Waals surface area contributed by atoms with E-state index in [-0.39, 0.29) is 5.96 Å². The number of nitrogens with two attached hydrogens (primary N) is 2. The van der Waals surface area contributed by atoms with Gasteiger partial charge in [0.05, 0.1) is 19.9 Å². The molecule has 92 valence electrons. The zero-order valence-corrected chi connectivity index (χ0v) is 9.88. The molecule has 0 amide bonds. The lowest BCUT2D eigenvalue weighted by atomic mass is 10.2. The smallest absolute Gasteiger partial charge is 0.211 e. The molecule has 0 heterocycles. The fraction of sp³-hybridized carbons (Fsp3) is 0.273. The number of hydrogen-bond donors (Lipinski definition) is 2. The van der Waals surface area contributed by atoms with Crippen molar-refractivity contribution in [2.45, 2.75) is 6.92 Å². The summed E-state index contributed by atoms with van der Waals surface area (Å²) in [6.45, 7) is 2.46. The largest absolute Gasteiger partial charge is 0.492 e. The van der Waals surface area contributed by atoms with Crippen LogP contribution >= 0.6 is 0 Å². The van der Waals surface area contributed by atoms with Crippen molar-refractivity contribution in [1.82, 2.24) is 0 Å². The number of ether oxygens (including phenoxy) is 2. The van der Waals surface area contributed by atoms with Gasteiger partial charge in [0.15, 0.2) is 11.5 Å². The predicted octanol–water partition coefficient (Wildman–Crippen LogP) is 0.701. The molecule has 1 aromatic carbocycles. The van der Waals surface area contributed by atoms with Gasteiger partial charge in [-0.2, -0.15) is 5.10 Å². The summed E-state index contributed by atoms with van der Waals surface area (Å²) in [6.07, 6.45) is 1.50. The summed E-state index contributed by atoms with van der Waals surface area (Å²) in [4.78, 5) is 0. The van der Waals surface area contributed by atoms with E-state index in [4.69, 9.17) is 20.9 Å². The monoisotopic (exact) mass is 236 g/mol. The maximum Gasteiger partial charge on any atom is 0.211 e. The average Bonchev–Trinajstić information content (AvgIpc) is 2.29. The van der Waals surface area contributed by atoms with E-state index in [2.05, 4.69) is 10.2 Å². The summed E-state index contributed by atoms with van der Waals surface area (Å²) < 4.78 is 10.7. The Morgan fingerprint density at radius 1 is 1.41 bits per heavy atom. The van der Waals surface area contributed by atoms with Gasteiger partial charge >= 0.3 is 0 Å². The van der Waals surface area contributed by atoms with E-state index in [1.807, 2.05) is 25.1 Å². The third kappa shape index (κ3) is 3.67. The molecule has 0 aliphatic rings. The van der Waals surface area contributed by atoms with Gasteiger partial charge in [0.25, 0.3) is 0 Å². The summed E-state index contributed by atoms with van der Waals surface area (Å²) >= 11 is 0. The molecule has 0 aliphatic heterocycles. The van der Waals surface area contributed by atoms with E-state index in [0.717, 1.165) is 5.56 Å². The van der Waals surface area contributed by atoms with Crippen molar-refractivity contribution in [3.63, 3.8) is 0 Å². The van der Waals surface area contributed by atoms with E-state index in [1.54, 1.807) is 7.11 Å². The van der Waals surface area contributed by atoms with Crippen molar-refractivity contribution in [2.24, 2.45) is 21.7 Å². The average molecular weight is 236 g/mol. The zero-order valence-electron chi connectivity index (χ0n) is 9.88. The second-order valence-corrected chi connectivity index (χ2v) is 3.08. The molecule has 0 spiro atoms. The lowest BCUT2D eigenvalue weighted by Crippen LogP contribution is -2.21. The molecule has 0 bridgehead atoms. The van der Waals surface area contributed by atoms with Crippen molar-refractivity contribution < 1.29 is 9.47 Å². The molecular formula is C11H16N4O2. The normalized spacial score (nSPS) is 10.2. The molecular weight excluding hydrogens is 220 g/mol. The molecule has 6 heteroatoms. The maximum atomic E-state index is 5.42. The van der Waals surface area contributed by atoms with Crippen LogP contribution in [0.25, 0.3) is 0 Å². The van der Waals surface area contributed by atoms with Crippen LogP contribution in [0.5, 0.6) is 11.5 Å². The van der Waals surface area contributed by atoms with E-state index < -0.39 is 0 Å². The highest BCUT2D eigenvalue weighted by Gasteiger charge is 2.07. The van der Waals surface area contributed by atoms with Gasteiger partial charge in [-0.05, 0) is 19.1 Å². The Labute approximate surface area is 99.9 Å². The quantitative estimate of drug-likeness (QED) is 0.447. The van der Waals surface area contributed by atoms with Crippen LogP contribution in [-0.2, 0) is 0 Å². The van der Waals surface area contributed by atoms with Gasteiger partial charge in [0, 0.05) is 5.56 Å². The maximum absolute atomic E-state index is 5.42. The fourth-order valence-corrected chi connectivity index (χ4v) is 1.28. The van der Waals surface area contributed by atoms with E-state index in [9.17, 15) is 0 Å². The molecule has 0 atom stereocenters. The Hall–Kier alpha value is -2.24. The molecule has 0 saturated heterocycles. The molecule has 0 aromatic heterocycles. The highest BCUT2D eigenvalue weighted by Crippen LogP contribution is 2.29. The highest BCUT2D eigenvalue weighted by molar-refractivity contribution is 5.86. The first-order valence-electron chi connectivity index (χ1n) is 5.10. The molecule has 1 aromatic rings. The third-order valence-corrected chi connectivity index (χ3v) is 1.88. The van der Waals surface area contributed by atoms with E-state index in [0.29, 0.717) is 18.1 Å². The topological polar surface area (TPSA) is 95.2 Å². The van der Waals surface area contributed by atoms with Crippen molar-refractivity contribution >= 4 is 12.2 Å². The number of methoxy groups -OCH3 is 1. The van der Waals surface area contributed by atoms with Crippen LogP contribution in [0.15, 0.2) is 28.4 Å². The van der Waals surface area contributed by atoms with Crippen molar-refractivity contribution in [3.05, 3.63) is 23.8 Å². The van der Waals surface area contributed by atoms with Crippen LogP contribution in [0.4, 0.5) is 0 Å². The minimum atomic E-state index is -0.0961. The van der Waals surface area contributed by atoms with Crippen LogP contribution in [0.3, 0.4) is 0 Å². The Balaban J connectivity index is 3.02. The van der Waals surface area contributed by atoms with Crippen LogP contribution in [0.2, 0.25) is 0 Å². The lowest BCUT2D eigenvalue weighted by Gasteiger charge is -2.10. The first-order valence-corrected chi connectivity index (χ1v) is 5.10. The van der Waals surface area contributed by atoms with Crippen LogP contribution in [-0.4, -0.2) is 25.9 Å². The Bertz CT molecular complexity index is 425. The molecule has 0 aliphatic carbocycles. The van der Waals surface area contributed by atoms with Crippen molar-refractivity contribution in [1.29, 1.82) is 0 Å². The highest BCUT2D eigenvalue weighted by atomic mass is 16.5. The van der Waals surface area contributed by atoms with Gasteiger partial charge in [-0.1, -0.05) is 6.07 Å². The molecule has 0 fully saturated rings. The van der Waals surface area contributed by atoms with Gasteiger partial charge in [0.1, 0.15) is 0 Å². The molecule has 17 heavy (non-hydrogen) atoms.